The second-order valence-corrected chi connectivity index (χ2v) is 3.36. The Morgan fingerprint density at radius 2 is 1.92 bits per heavy atom. The molecule has 0 amide bonds. The van der Waals surface area contributed by atoms with Crippen molar-refractivity contribution in [3.8, 4) is 0 Å². The van der Waals surface area contributed by atoms with Crippen molar-refractivity contribution in [3.05, 3.63) is 33.8 Å². The molecule has 0 aliphatic carbocycles. The molecule has 0 heterocycles. The Hall–Kier alpha value is -0.820. The van der Waals surface area contributed by atoms with Gasteiger partial charge in [-0.05, 0) is 44.0 Å². The van der Waals surface area contributed by atoms with Crippen molar-refractivity contribution in [2.45, 2.75) is 20.8 Å². The van der Waals surface area contributed by atoms with Gasteiger partial charge in [-0.2, -0.15) is 0 Å². The van der Waals surface area contributed by atoms with Gasteiger partial charge in [-0.3, -0.25) is 4.79 Å². The van der Waals surface area contributed by atoms with Crippen molar-refractivity contribution in [1.82, 2.24) is 0 Å². The van der Waals surface area contributed by atoms with E-state index >= 15 is 0 Å². The first-order chi connectivity index (χ1) is 5.52. The molecule has 0 spiro atoms. The Kier molecular flexibility index (Phi) is 2.53. The van der Waals surface area contributed by atoms with Gasteiger partial charge in [0.2, 0.25) is 0 Å². The highest BCUT2D eigenvalue weighted by atomic mass is 35.5. The number of ketones is 1. The van der Waals surface area contributed by atoms with Crippen LogP contribution in [0.25, 0.3) is 0 Å². The number of carbonyl (C=O) groups is 1. The van der Waals surface area contributed by atoms with Crippen molar-refractivity contribution < 1.29 is 4.79 Å². The molecular formula is C10H11ClO. The Balaban J connectivity index is 3.31. The molecule has 0 saturated heterocycles. The van der Waals surface area contributed by atoms with E-state index in [0.29, 0.717) is 10.6 Å². The normalized spacial score (nSPS) is 10.0. The summed E-state index contributed by atoms with van der Waals surface area (Å²) in [6.07, 6.45) is 0. The fourth-order valence-corrected chi connectivity index (χ4v) is 1.29. The minimum Gasteiger partial charge on any atom is -0.295 e. The first-order valence-electron chi connectivity index (χ1n) is 3.80. The molecule has 0 atom stereocenters. The zero-order chi connectivity index (χ0) is 9.30. The van der Waals surface area contributed by atoms with Gasteiger partial charge in [-0.15, -0.1) is 0 Å². The van der Waals surface area contributed by atoms with Gasteiger partial charge < -0.3 is 0 Å². The number of hydrogen-bond acceptors (Lipinski definition) is 1. The van der Waals surface area contributed by atoms with Gasteiger partial charge in [0.25, 0.3) is 0 Å². The number of carbonyl (C=O) groups excluding carboxylic acids is 1. The largest absolute Gasteiger partial charge is 0.295 e. The lowest BCUT2D eigenvalue weighted by molar-refractivity contribution is 0.101. The minimum absolute atomic E-state index is 0.0556. The first kappa shape index (κ1) is 9.27. The van der Waals surface area contributed by atoms with Crippen molar-refractivity contribution >= 4 is 17.4 Å². The predicted molar refractivity (Wildman–Crippen MR) is 50.9 cm³/mol. The summed E-state index contributed by atoms with van der Waals surface area (Å²) in [5.41, 5.74) is 2.79. The van der Waals surface area contributed by atoms with Crippen LogP contribution in [0.5, 0.6) is 0 Å². The van der Waals surface area contributed by atoms with Crippen LogP contribution in [-0.2, 0) is 0 Å². The highest BCUT2D eigenvalue weighted by Crippen LogP contribution is 2.21. The summed E-state index contributed by atoms with van der Waals surface area (Å²) in [4.78, 5) is 11.0. The summed E-state index contributed by atoms with van der Waals surface area (Å²) in [7, 11) is 0. The Morgan fingerprint density at radius 3 is 2.33 bits per heavy atom. The van der Waals surface area contributed by atoms with Crippen LogP contribution in [0.2, 0.25) is 5.02 Å². The van der Waals surface area contributed by atoms with Gasteiger partial charge in [0.15, 0.2) is 5.78 Å². The van der Waals surface area contributed by atoms with Crippen molar-refractivity contribution in [3.63, 3.8) is 0 Å². The van der Waals surface area contributed by atoms with Gasteiger partial charge in [-0.25, -0.2) is 0 Å². The summed E-state index contributed by atoms with van der Waals surface area (Å²) < 4.78 is 0. The molecule has 0 aliphatic rings. The van der Waals surface area contributed by atoms with E-state index in [1.54, 1.807) is 13.0 Å². The molecule has 0 fully saturated rings. The van der Waals surface area contributed by atoms with E-state index in [4.69, 9.17) is 11.6 Å². The van der Waals surface area contributed by atoms with E-state index in [1.165, 1.54) is 0 Å². The molecule has 1 nitrogen and oxygen atoms in total. The molecule has 1 aromatic rings. The van der Waals surface area contributed by atoms with E-state index in [0.717, 1.165) is 11.1 Å². The number of Topliss-reactive ketones (excluding diaryl/α,β-unsaturated/α-hetero) is 1. The monoisotopic (exact) mass is 182 g/mol. The third-order valence-electron chi connectivity index (χ3n) is 2.01. The standard InChI is InChI=1S/C10H11ClO/c1-6-4-9(8(3)12)5-10(11)7(6)2/h4-5H,1-3H3. The van der Waals surface area contributed by atoms with Crippen LogP contribution in [0.4, 0.5) is 0 Å². The molecule has 0 aliphatic heterocycles. The maximum atomic E-state index is 11.0. The molecule has 0 saturated carbocycles. The average Bonchev–Trinajstić information content (AvgIpc) is 1.99. The highest BCUT2D eigenvalue weighted by Gasteiger charge is 2.04. The SMILES string of the molecule is CC(=O)c1cc(C)c(C)c(Cl)c1. The van der Waals surface area contributed by atoms with Crippen LogP contribution in [-0.4, -0.2) is 5.78 Å². The second kappa shape index (κ2) is 3.28. The van der Waals surface area contributed by atoms with Crippen molar-refractivity contribution in [2.24, 2.45) is 0 Å². The quantitative estimate of drug-likeness (QED) is 0.610. The topological polar surface area (TPSA) is 17.1 Å². The molecule has 64 valence electrons. The van der Waals surface area contributed by atoms with Crippen molar-refractivity contribution in [1.29, 1.82) is 0 Å². The van der Waals surface area contributed by atoms with Gasteiger partial charge >= 0.3 is 0 Å². The maximum Gasteiger partial charge on any atom is 0.159 e. The number of halogens is 1. The van der Waals surface area contributed by atoms with Gasteiger partial charge in [0, 0.05) is 10.6 Å². The maximum absolute atomic E-state index is 11.0. The molecular weight excluding hydrogens is 172 g/mol. The molecule has 0 bridgehead atoms. The molecule has 0 aromatic heterocycles. The molecule has 12 heavy (non-hydrogen) atoms. The summed E-state index contributed by atoms with van der Waals surface area (Å²) in [5, 5.41) is 0.667. The fraction of sp³-hybridized carbons (Fsp3) is 0.300. The van der Waals surface area contributed by atoms with Crippen LogP contribution in [0.3, 0.4) is 0 Å². The summed E-state index contributed by atoms with van der Waals surface area (Å²) in [5.74, 6) is 0.0556. The van der Waals surface area contributed by atoms with E-state index in [2.05, 4.69) is 0 Å². The third kappa shape index (κ3) is 1.67. The first-order valence-corrected chi connectivity index (χ1v) is 4.18. The van der Waals surface area contributed by atoms with Crippen LogP contribution in [0.15, 0.2) is 12.1 Å². The summed E-state index contributed by atoms with van der Waals surface area (Å²) in [6, 6.07) is 3.58. The van der Waals surface area contributed by atoms with E-state index < -0.39 is 0 Å². The molecule has 0 unspecified atom stereocenters. The Morgan fingerprint density at radius 1 is 1.33 bits per heavy atom. The zero-order valence-corrected chi connectivity index (χ0v) is 8.20. The number of hydrogen-bond donors (Lipinski definition) is 0. The van der Waals surface area contributed by atoms with Gasteiger partial charge in [0.05, 0.1) is 0 Å². The predicted octanol–water partition coefficient (Wildman–Crippen LogP) is 3.16. The lowest BCUT2D eigenvalue weighted by Crippen LogP contribution is -1.94. The fourth-order valence-electron chi connectivity index (χ4n) is 1.02. The molecule has 1 aromatic carbocycles. The summed E-state index contributed by atoms with van der Waals surface area (Å²) >= 11 is 5.91. The van der Waals surface area contributed by atoms with Gasteiger partial charge in [0.1, 0.15) is 0 Å². The lowest BCUT2D eigenvalue weighted by Gasteiger charge is -2.04. The third-order valence-corrected chi connectivity index (χ3v) is 2.40. The summed E-state index contributed by atoms with van der Waals surface area (Å²) in [6.45, 7) is 5.44. The smallest absolute Gasteiger partial charge is 0.159 e. The molecule has 1 rings (SSSR count). The van der Waals surface area contributed by atoms with Crippen LogP contribution in [0.1, 0.15) is 28.4 Å². The zero-order valence-electron chi connectivity index (χ0n) is 7.44. The highest BCUT2D eigenvalue weighted by molar-refractivity contribution is 6.31. The van der Waals surface area contributed by atoms with Crippen LogP contribution >= 0.6 is 11.6 Å². The number of benzene rings is 1. The Bertz CT molecular complexity index is 306. The van der Waals surface area contributed by atoms with Crippen LogP contribution in [0, 0.1) is 13.8 Å². The number of aryl methyl sites for hydroxylation is 1. The second-order valence-electron chi connectivity index (χ2n) is 2.96. The Labute approximate surface area is 77.4 Å². The van der Waals surface area contributed by atoms with E-state index in [-0.39, 0.29) is 5.78 Å². The molecule has 0 radical (unpaired) electrons. The average molecular weight is 183 g/mol. The lowest BCUT2D eigenvalue weighted by atomic mass is 10.0. The van der Waals surface area contributed by atoms with Crippen molar-refractivity contribution in [2.75, 3.05) is 0 Å². The molecule has 2 heteroatoms. The number of rotatable bonds is 1. The molecule has 0 N–H and O–H groups in total. The van der Waals surface area contributed by atoms with Crippen LogP contribution < -0.4 is 0 Å². The van der Waals surface area contributed by atoms with E-state index in [9.17, 15) is 4.79 Å². The van der Waals surface area contributed by atoms with E-state index in [1.807, 2.05) is 19.9 Å². The minimum atomic E-state index is 0.0556. The van der Waals surface area contributed by atoms with Gasteiger partial charge in [-0.1, -0.05) is 11.6 Å².